The van der Waals surface area contributed by atoms with E-state index in [9.17, 15) is 9.18 Å². The molecule has 0 aliphatic heterocycles. The minimum absolute atomic E-state index is 0.389. The van der Waals surface area contributed by atoms with E-state index in [-0.39, 0.29) is 0 Å². The molecule has 3 nitrogen and oxygen atoms in total. The number of alkyl carbamates (subject to hydrolysis) is 1. The summed E-state index contributed by atoms with van der Waals surface area (Å²) in [5.41, 5.74) is 0.177. The van der Waals surface area contributed by atoms with Gasteiger partial charge in [-0.1, -0.05) is 30.3 Å². The lowest BCUT2D eigenvalue weighted by Gasteiger charge is -2.19. The zero-order chi connectivity index (χ0) is 14.3. The molecule has 0 aromatic heterocycles. The Labute approximate surface area is 114 Å². The highest BCUT2D eigenvalue weighted by molar-refractivity contribution is 5.67. The van der Waals surface area contributed by atoms with E-state index in [2.05, 4.69) is 5.32 Å². The van der Waals surface area contributed by atoms with Crippen LogP contribution in [0.3, 0.4) is 0 Å². The van der Waals surface area contributed by atoms with E-state index in [1.165, 1.54) is 0 Å². The molecule has 0 radical (unpaired) electrons. The first kappa shape index (κ1) is 15.5. The van der Waals surface area contributed by atoms with Crippen LogP contribution in [0, 0.1) is 0 Å². The lowest BCUT2D eigenvalue weighted by molar-refractivity contribution is 0.0526. The first-order valence-corrected chi connectivity index (χ1v) is 6.54. The second-order valence-corrected chi connectivity index (χ2v) is 5.45. The van der Waals surface area contributed by atoms with E-state index in [1.54, 1.807) is 32.9 Å². The van der Waals surface area contributed by atoms with Crippen molar-refractivity contribution in [2.24, 2.45) is 0 Å². The average molecular weight is 267 g/mol. The molecule has 1 rings (SSSR count). The molecule has 0 spiro atoms. The Kier molecular flexibility index (Phi) is 5.80. The summed E-state index contributed by atoms with van der Waals surface area (Å²) in [6.45, 7) is 5.83. The third-order valence-electron chi connectivity index (χ3n) is 2.46. The molecular weight excluding hydrogens is 245 g/mol. The van der Waals surface area contributed by atoms with Gasteiger partial charge in [0.2, 0.25) is 0 Å². The van der Waals surface area contributed by atoms with Gasteiger partial charge in [0.15, 0.2) is 0 Å². The van der Waals surface area contributed by atoms with Crippen LogP contribution in [-0.4, -0.2) is 18.2 Å². The normalized spacial score (nSPS) is 12.8. The van der Waals surface area contributed by atoms with Crippen LogP contribution in [0.25, 0.3) is 0 Å². The number of halogens is 1. The van der Waals surface area contributed by atoms with E-state index < -0.39 is 17.9 Å². The highest BCUT2D eigenvalue weighted by Gasteiger charge is 2.15. The maximum Gasteiger partial charge on any atom is 0.407 e. The molecule has 1 unspecified atom stereocenters. The van der Waals surface area contributed by atoms with Crippen molar-refractivity contribution in [2.45, 2.75) is 45.4 Å². The molecule has 0 aliphatic carbocycles. The van der Waals surface area contributed by atoms with Crippen molar-refractivity contribution < 1.29 is 13.9 Å². The summed E-state index contributed by atoms with van der Waals surface area (Å²) >= 11 is 0. The topological polar surface area (TPSA) is 38.3 Å². The first-order chi connectivity index (χ1) is 8.88. The number of carbonyl (C=O) groups is 1. The van der Waals surface area contributed by atoms with Crippen LogP contribution < -0.4 is 5.32 Å². The average Bonchev–Trinajstić information content (AvgIpc) is 2.33. The summed E-state index contributed by atoms with van der Waals surface area (Å²) in [6, 6.07) is 9.04. The largest absolute Gasteiger partial charge is 0.444 e. The minimum atomic E-state index is -0.985. The Morgan fingerprint density at radius 2 is 1.95 bits per heavy atom. The van der Waals surface area contributed by atoms with Crippen LogP contribution in [0.1, 0.15) is 45.3 Å². The molecule has 0 aliphatic rings. The third-order valence-corrected chi connectivity index (χ3v) is 2.46. The van der Waals surface area contributed by atoms with E-state index in [1.807, 2.05) is 18.2 Å². The van der Waals surface area contributed by atoms with Gasteiger partial charge in [-0.15, -0.1) is 0 Å². The van der Waals surface area contributed by atoms with E-state index in [0.717, 1.165) is 0 Å². The fraction of sp³-hybridized carbons (Fsp3) is 0.533. The molecular formula is C15H22FNO2. The number of ether oxygens (including phenoxy) is 1. The van der Waals surface area contributed by atoms with Gasteiger partial charge in [-0.3, -0.25) is 0 Å². The zero-order valence-electron chi connectivity index (χ0n) is 11.8. The van der Waals surface area contributed by atoms with Crippen molar-refractivity contribution in [3.63, 3.8) is 0 Å². The predicted octanol–water partition coefficient (Wildman–Crippen LogP) is 4.00. The van der Waals surface area contributed by atoms with Crippen molar-refractivity contribution >= 4 is 6.09 Å². The number of hydrogen-bond acceptors (Lipinski definition) is 2. The summed E-state index contributed by atoms with van der Waals surface area (Å²) in [6.07, 6.45) is -0.473. The van der Waals surface area contributed by atoms with Crippen molar-refractivity contribution in [2.75, 3.05) is 6.54 Å². The van der Waals surface area contributed by atoms with E-state index >= 15 is 0 Å². The van der Waals surface area contributed by atoms with Gasteiger partial charge in [-0.05, 0) is 39.2 Å². The van der Waals surface area contributed by atoms with Crippen molar-refractivity contribution in [3.05, 3.63) is 35.9 Å². The number of nitrogens with one attached hydrogen (secondary N) is 1. The maximum atomic E-state index is 13.8. The number of carbonyl (C=O) groups excluding carboxylic acids is 1. The lowest BCUT2D eigenvalue weighted by atomic mass is 10.1. The molecule has 106 valence electrons. The monoisotopic (exact) mass is 267 g/mol. The number of amides is 1. The third kappa shape index (κ3) is 6.79. The smallest absolute Gasteiger partial charge is 0.407 e. The Balaban J connectivity index is 2.19. The molecule has 0 bridgehead atoms. The second kappa shape index (κ2) is 7.12. The fourth-order valence-corrected chi connectivity index (χ4v) is 1.61. The molecule has 4 heteroatoms. The molecule has 0 fully saturated rings. The molecule has 0 saturated carbocycles. The van der Waals surface area contributed by atoms with Gasteiger partial charge in [0.1, 0.15) is 11.8 Å². The van der Waals surface area contributed by atoms with Gasteiger partial charge >= 0.3 is 6.09 Å². The standard InChI is InChI=1S/C15H22FNO2/c1-15(2,3)19-14(18)17-11-7-10-13(16)12-8-5-4-6-9-12/h4-6,8-9,13H,7,10-11H2,1-3H3,(H,17,18). The van der Waals surface area contributed by atoms with Gasteiger partial charge in [0.05, 0.1) is 0 Å². The number of alkyl halides is 1. The first-order valence-electron chi connectivity index (χ1n) is 6.54. The van der Waals surface area contributed by atoms with E-state index in [4.69, 9.17) is 4.74 Å². The molecule has 1 amide bonds. The Bertz CT molecular complexity index is 387. The van der Waals surface area contributed by atoms with Crippen molar-refractivity contribution in [1.82, 2.24) is 5.32 Å². The summed E-state index contributed by atoms with van der Waals surface area (Å²) < 4.78 is 18.9. The van der Waals surface area contributed by atoms with Crippen LogP contribution in [0.15, 0.2) is 30.3 Å². The van der Waals surface area contributed by atoms with Crippen LogP contribution in [-0.2, 0) is 4.74 Å². The van der Waals surface area contributed by atoms with Crippen LogP contribution >= 0.6 is 0 Å². The summed E-state index contributed by atoms with van der Waals surface area (Å²) in [5, 5.41) is 2.62. The molecule has 1 N–H and O–H groups in total. The predicted molar refractivity (Wildman–Crippen MR) is 73.8 cm³/mol. The Morgan fingerprint density at radius 3 is 2.53 bits per heavy atom. The molecule has 0 heterocycles. The van der Waals surface area contributed by atoms with Gasteiger partial charge in [0, 0.05) is 6.54 Å². The van der Waals surface area contributed by atoms with Gasteiger partial charge in [-0.25, -0.2) is 9.18 Å². The zero-order valence-corrected chi connectivity index (χ0v) is 11.8. The van der Waals surface area contributed by atoms with Crippen molar-refractivity contribution in [3.8, 4) is 0 Å². The lowest BCUT2D eigenvalue weighted by Crippen LogP contribution is -2.33. The summed E-state index contributed by atoms with van der Waals surface area (Å²) in [5.74, 6) is 0. The highest BCUT2D eigenvalue weighted by Crippen LogP contribution is 2.21. The number of benzene rings is 1. The summed E-state index contributed by atoms with van der Waals surface area (Å²) in [7, 11) is 0. The van der Waals surface area contributed by atoms with Gasteiger partial charge in [-0.2, -0.15) is 0 Å². The fourth-order valence-electron chi connectivity index (χ4n) is 1.61. The van der Waals surface area contributed by atoms with Crippen LogP contribution in [0.2, 0.25) is 0 Å². The quantitative estimate of drug-likeness (QED) is 0.819. The molecule has 0 saturated heterocycles. The Morgan fingerprint density at radius 1 is 1.32 bits per heavy atom. The number of rotatable bonds is 5. The summed E-state index contributed by atoms with van der Waals surface area (Å²) in [4.78, 5) is 11.3. The maximum absolute atomic E-state index is 13.8. The highest BCUT2D eigenvalue weighted by atomic mass is 19.1. The molecule has 1 aromatic carbocycles. The van der Waals surface area contributed by atoms with E-state index in [0.29, 0.717) is 24.9 Å². The van der Waals surface area contributed by atoms with Gasteiger partial charge < -0.3 is 10.1 Å². The van der Waals surface area contributed by atoms with Crippen LogP contribution in [0.4, 0.5) is 9.18 Å². The molecule has 19 heavy (non-hydrogen) atoms. The van der Waals surface area contributed by atoms with Crippen molar-refractivity contribution in [1.29, 1.82) is 0 Å². The second-order valence-electron chi connectivity index (χ2n) is 5.45. The Hall–Kier alpha value is -1.58. The van der Waals surface area contributed by atoms with Crippen LogP contribution in [0.5, 0.6) is 0 Å². The minimum Gasteiger partial charge on any atom is -0.444 e. The molecule has 1 aromatic rings. The molecule has 1 atom stereocenters. The number of hydrogen-bond donors (Lipinski definition) is 1. The van der Waals surface area contributed by atoms with Gasteiger partial charge in [0.25, 0.3) is 0 Å². The SMILES string of the molecule is CC(C)(C)OC(=O)NCCCC(F)c1ccccc1.